The minimum Gasteiger partial charge on any atom is -0.443 e. The zero-order valence-corrected chi connectivity index (χ0v) is 14.0. The van der Waals surface area contributed by atoms with Crippen LogP contribution >= 0.6 is 0 Å². The maximum atomic E-state index is 12.9. The van der Waals surface area contributed by atoms with Crippen LogP contribution in [-0.2, 0) is 20.1 Å². The van der Waals surface area contributed by atoms with Gasteiger partial charge in [-0.15, -0.1) is 0 Å². The molecule has 0 N–H and O–H groups in total. The highest BCUT2D eigenvalue weighted by atomic mass is 16.3. The summed E-state index contributed by atoms with van der Waals surface area (Å²) in [6, 6.07) is 7.72. The molecule has 1 aromatic carbocycles. The molecule has 0 spiro atoms. The topological polar surface area (TPSA) is 86.2 Å². The molecule has 128 valence electrons. The van der Waals surface area contributed by atoms with E-state index in [2.05, 4.69) is 10.1 Å². The van der Waals surface area contributed by atoms with E-state index >= 15 is 0 Å². The largest absolute Gasteiger partial charge is 0.443 e. The summed E-state index contributed by atoms with van der Waals surface area (Å²) in [5.74, 6) is 0.806. The summed E-state index contributed by atoms with van der Waals surface area (Å²) in [4.78, 5) is 30.6. The third-order valence-electron chi connectivity index (χ3n) is 4.35. The molecule has 4 rings (SSSR count). The Morgan fingerprint density at radius 3 is 2.92 bits per heavy atom. The number of carbonyl (C=O) groups is 1. The highest BCUT2D eigenvalue weighted by Gasteiger charge is 2.28. The third kappa shape index (κ3) is 2.55. The predicted octanol–water partition coefficient (Wildman–Crippen LogP) is 1.20. The van der Waals surface area contributed by atoms with Crippen molar-refractivity contribution in [2.75, 3.05) is 6.54 Å². The van der Waals surface area contributed by atoms with Gasteiger partial charge in [-0.05, 0) is 13.0 Å². The Bertz CT molecular complexity index is 1010. The maximum absolute atomic E-state index is 12.9. The summed E-state index contributed by atoms with van der Waals surface area (Å²) in [5.41, 5.74) is 2.00. The maximum Gasteiger partial charge on any atom is 0.345 e. The smallest absolute Gasteiger partial charge is 0.345 e. The standard InChI is InChI=1S/C17H17N5O3/c1-11-4-3-5-12(8-11)15-14(18-10-25-15)16(23)21-6-7-22-13(9-21)19-20(2)17(22)24/h3-5,8,10H,6-7,9H2,1-2H3. The van der Waals surface area contributed by atoms with Crippen LogP contribution in [0.1, 0.15) is 21.9 Å². The second kappa shape index (κ2) is 5.73. The number of amides is 1. The molecule has 8 heteroatoms. The fraction of sp³-hybridized carbons (Fsp3) is 0.294. The average molecular weight is 339 g/mol. The molecule has 3 heterocycles. The summed E-state index contributed by atoms with van der Waals surface area (Å²) in [6.45, 7) is 3.10. The molecule has 1 amide bonds. The molecule has 8 nitrogen and oxygen atoms in total. The third-order valence-corrected chi connectivity index (χ3v) is 4.35. The molecule has 2 aromatic heterocycles. The fourth-order valence-corrected chi connectivity index (χ4v) is 3.08. The molecule has 3 aromatic rings. The highest BCUT2D eigenvalue weighted by molar-refractivity contribution is 5.97. The number of carbonyl (C=O) groups excluding carboxylic acids is 1. The van der Waals surface area contributed by atoms with Crippen LogP contribution in [0.4, 0.5) is 0 Å². The van der Waals surface area contributed by atoms with Crippen LogP contribution in [0, 0.1) is 6.92 Å². The van der Waals surface area contributed by atoms with Gasteiger partial charge in [-0.1, -0.05) is 23.8 Å². The number of aryl methyl sites for hydroxylation is 2. The van der Waals surface area contributed by atoms with E-state index in [1.165, 1.54) is 11.1 Å². The number of aromatic nitrogens is 4. The molecule has 0 aliphatic carbocycles. The summed E-state index contributed by atoms with van der Waals surface area (Å²) in [5, 5.41) is 4.19. The number of hydrogen-bond acceptors (Lipinski definition) is 5. The van der Waals surface area contributed by atoms with Gasteiger partial charge in [0.25, 0.3) is 5.91 Å². The number of benzene rings is 1. The summed E-state index contributed by atoms with van der Waals surface area (Å²) < 4.78 is 8.36. The monoisotopic (exact) mass is 339 g/mol. The SMILES string of the molecule is Cc1cccc(-c2ocnc2C(=O)N2CCn3c(nn(C)c3=O)C2)c1. The first-order chi connectivity index (χ1) is 12.0. The van der Waals surface area contributed by atoms with Gasteiger partial charge in [0, 0.05) is 25.7 Å². The van der Waals surface area contributed by atoms with Gasteiger partial charge < -0.3 is 9.32 Å². The Morgan fingerprint density at radius 2 is 2.12 bits per heavy atom. The highest BCUT2D eigenvalue weighted by Crippen LogP contribution is 2.25. The van der Waals surface area contributed by atoms with Crippen LogP contribution < -0.4 is 5.69 Å². The Kier molecular flexibility index (Phi) is 3.52. The van der Waals surface area contributed by atoms with Crippen molar-refractivity contribution in [3.05, 3.63) is 58.2 Å². The molecular formula is C17H17N5O3. The minimum absolute atomic E-state index is 0.163. The zero-order chi connectivity index (χ0) is 17.6. The molecule has 0 unspecified atom stereocenters. The molecule has 1 aliphatic heterocycles. The van der Waals surface area contributed by atoms with E-state index in [9.17, 15) is 9.59 Å². The predicted molar refractivity (Wildman–Crippen MR) is 88.9 cm³/mol. The Hall–Kier alpha value is -3.16. The van der Waals surface area contributed by atoms with Crippen LogP contribution in [0.3, 0.4) is 0 Å². The van der Waals surface area contributed by atoms with Crippen LogP contribution in [-0.4, -0.2) is 36.7 Å². The van der Waals surface area contributed by atoms with Crippen molar-refractivity contribution in [2.45, 2.75) is 20.0 Å². The molecule has 0 bridgehead atoms. The first-order valence-electron chi connectivity index (χ1n) is 7.97. The van der Waals surface area contributed by atoms with Crippen LogP contribution in [0.2, 0.25) is 0 Å². The van der Waals surface area contributed by atoms with Crippen molar-refractivity contribution in [2.24, 2.45) is 7.05 Å². The summed E-state index contributed by atoms with van der Waals surface area (Å²) >= 11 is 0. The summed E-state index contributed by atoms with van der Waals surface area (Å²) in [7, 11) is 1.60. The van der Waals surface area contributed by atoms with Crippen molar-refractivity contribution in [3.8, 4) is 11.3 Å². The van der Waals surface area contributed by atoms with E-state index in [4.69, 9.17) is 4.42 Å². The zero-order valence-electron chi connectivity index (χ0n) is 14.0. The van der Waals surface area contributed by atoms with Crippen LogP contribution in [0.5, 0.6) is 0 Å². The van der Waals surface area contributed by atoms with E-state index in [0.717, 1.165) is 11.1 Å². The molecule has 25 heavy (non-hydrogen) atoms. The van der Waals surface area contributed by atoms with Gasteiger partial charge >= 0.3 is 5.69 Å². The molecule has 0 atom stereocenters. The van der Waals surface area contributed by atoms with Crippen molar-refractivity contribution in [3.63, 3.8) is 0 Å². The molecule has 0 saturated heterocycles. The van der Waals surface area contributed by atoms with Gasteiger partial charge in [-0.2, -0.15) is 5.10 Å². The molecule has 1 aliphatic rings. The lowest BCUT2D eigenvalue weighted by molar-refractivity contribution is 0.0701. The number of fused-ring (bicyclic) bond motifs is 1. The summed E-state index contributed by atoms with van der Waals surface area (Å²) in [6.07, 6.45) is 1.28. The van der Waals surface area contributed by atoms with E-state index in [1.807, 2.05) is 31.2 Å². The average Bonchev–Trinajstić information content (AvgIpc) is 3.19. The van der Waals surface area contributed by atoms with Gasteiger partial charge in [0.2, 0.25) is 0 Å². The van der Waals surface area contributed by atoms with Crippen molar-refractivity contribution >= 4 is 5.91 Å². The fourth-order valence-electron chi connectivity index (χ4n) is 3.08. The Morgan fingerprint density at radius 1 is 1.28 bits per heavy atom. The quantitative estimate of drug-likeness (QED) is 0.700. The van der Waals surface area contributed by atoms with E-state index in [1.54, 1.807) is 16.5 Å². The van der Waals surface area contributed by atoms with Crippen LogP contribution in [0.15, 0.2) is 39.9 Å². The first kappa shape index (κ1) is 15.4. The Labute approximate surface area is 143 Å². The Balaban J connectivity index is 1.65. The van der Waals surface area contributed by atoms with Crippen molar-refractivity contribution in [1.29, 1.82) is 0 Å². The number of oxazole rings is 1. The lowest BCUT2D eigenvalue weighted by atomic mass is 10.1. The van der Waals surface area contributed by atoms with Crippen LogP contribution in [0.25, 0.3) is 11.3 Å². The van der Waals surface area contributed by atoms with Gasteiger partial charge in [-0.25, -0.2) is 14.5 Å². The van der Waals surface area contributed by atoms with Gasteiger partial charge in [0.1, 0.15) is 0 Å². The van der Waals surface area contributed by atoms with E-state index in [-0.39, 0.29) is 23.8 Å². The second-order valence-electron chi connectivity index (χ2n) is 6.10. The van der Waals surface area contributed by atoms with Gasteiger partial charge in [-0.3, -0.25) is 9.36 Å². The van der Waals surface area contributed by atoms with E-state index in [0.29, 0.717) is 24.7 Å². The number of hydrogen-bond donors (Lipinski definition) is 0. The molecular weight excluding hydrogens is 322 g/mol. The molecule has 0 fully saturated rings. The van der Waals surface area contributed by atoms with Crippen molar-refractivity contribution < 1.29 is 9.21 Å². The first-order valence-corrected chi connectivity index (χ1v) is 7.97. The number of rotatable bonds is 2. The van der Waals surface area contributed by atoms with E-state index < -0.39 is 0 Å². The lowest BCUT2D eigenvalue weighted by Crippen LogP contribution is -2.41. The molecule has 0 radical (unpaired) electrons. The lowest BCUT2D eigenvalue weighted by Gasteiger charge is -2.26. The minimum atomic E-state index is -0.227. The molecule has 0 saturated carbocycles. The van der Waals surface area contributed by atoms with Gasteiger partial charge in [0.05, 0.1) is 6.54 Å². The number of nitrogens with zero attached hydrogens (tertiary/aromatic N) is 5. The normalized spacial score (nSPS) is 13.8. The second-order valence-corrected chi connectivity index (χ2v) is 6.10. The van der Waals surface area contributed by atoms with Crippen molar-refractivity contribution in [1.82, 2.24) is 24.2 Å². The van der Waals surface area contributed by atoms with Gasteiger partial charge in [0.15, 0.2) is 23.7 Å².